The molecule has 0 spiro atoms. The zero-order valence-corrected chi connectivity index (χ0v) is 16.6. The molecule has 0 saturated heterocycles. The molecule has 1 amide bonds. The van der Waals surface area contributed by atoms with Gasteiger partial charge in [-0.1, -0.05) is 24.3 Å². The lowest BCUT2D eigenvalue weighted by molar-refractivity contribution is 0.102. The maximum Gasteiger partial charge on any atom is 0.257 e. The summed E-state index contributed by atoms with van der Waals surface area (Å²) < 4.78 is 7.51. The van der Waals surface area contributed by atoms with Crippen molar-refractivity contribution in [3.05, 3.63) is 84.7 Å². The van der Waals surface area contributed by atoms with Crippen LogP contribution < -0.4 is 15.0 Å². The lowest BCUT2D eigenvalue weighted by Gasteiger charge is -2.19. The number of aryl methyl sites for hydroxylation is 1. The second-order valence-corrected chi connectivity index (χ2v) is 6.54. The van der Waals surface area contributed by atoms with Crippen LogP contribution in [-0.2, 0) is 7.05 Å². The Hall–Kier alpha value is -4.20. The van der Waals surface area contributed by atoms with Crippen LogP contribution in [0.4, 0.5) is 17.5 Å². The number of pyridine rings is 2. The third kappa shape index (κ3) is 4.44. The Morgan fingerprint density at radius 1 is 1.03 bits per heavy atom. The standard InChI is InChI=1S/C22H20N6O2/c1-27-13-11-18(26-27)24-22(29)16-14-20(28(2)19-10-6-7-12-23-19)25-21(15-16)30-17-8-4-3-5-9-17/h3-15H,1-2H3,(H,24,26,29). The predicted molar refractivity (Wildman–Crippen MR) is 114 cm³/mol. The number of carbonyl (C=O) groups is 1. The molecular weight excluding hydrogens is 380 g/mol. The van der Waals surface area contributed by atoms with Gasteiger partial charge in [-0.2, -0.15) is 10.1 Å². The fourth-order valence-corrected chi connectivity index (χ4v) is 2.80. The van der Waals surface area contributed by atoms with Crippen LogP contribution in [0.2, 0.25) is 0 Å². The largest absolute Gasteiger partial charge is 0.439 e. The average molecular weight is 400 g/mol. The van der Waals surface area contributed by atoms with Crippen molar-refractivity contribution in [3.63, 3.8) is 0 Å². The van der Waals surface area contributed by atoms with Gasteiger partial charge in [-0.05, 0) is 30.3 Å². The summed E-state index contributed by atoms with van der Waals surface area (Å²) in [7, 11) is 3.62. The zero-order valence-electron chi connectivity index (χ0n) is 16.6. The molecule has 4 rings (SSSR count). The number of nitrogens with one attached hydrogen (secondary N) is 1. The van der Waals surface area contributed by atoms with Gasteiger partial charge in [-0.3, -0.25) is 9.48 Å². The van der Waals surface area contributed by atoms with Gasteiger partial charge in [0.15, 0.2) is 5.82 Å². The van der Waals surface area contributed by atoms with Crippen LogP contribution in [0.25, 0.3) is 0 Å². The molecule has 8 nitrogen and oxygen atoms in total. The van der Waals surface area contributed by atoms with Crippen LogP contribution in [-0.4, -0.2) is 32.7 Å². The quantitative estimate of drug-likeness (QED) is 0.526. The highest BCUT2D eigenvalue weighted by Gasteiger charge is 2.16. The first-order valence-electron chi connectivity index (χ1n) is 9.29. The lowest BCUT2D eigenvalue weighted by atomic mass is 10.2. The van der Waals surface area contributed by atoms with Gasteiger partial charge in [0, 0.05) is 44.2 Å². The second kappa shape index (κ2) is 8.44. The number of ether oxygens (including phenoxy) is 1. The molecule has 0 aliphatic rings. The summed E-state index contributed by atoms with van der Waals surface area (Å²) in [4.78, 5) is 23.6. The Morgan fingerprint density at radius 2 is 1.83 bits per heavy atom. The van der Waals surface area contributed by atoms with Gasteiger partial charge in [0.05, 0.1) is 0 Å². The maximum atomic E-state index is 12.9. The number of para-hydroxylation sites is 1. The van der Waals surface area contributed by atoms with E-state index in [1.165, 1.54) is 0 Å². The molecule has 0 fully saturated rings. The van der Waals surface area contributed by atoms with Crippen molar-refractivity contribution in [3.8, 4) is 11.6 Å². The van der Waals surface area contributed by atoms with E-state index in [-0.39, 0.29) is 5.91 Å². The molecule has 3 heterocycles. The van der Waals surface area contributed by atoms with Gasteiger partial charge in [0.2, 0.25) is 5.88 Å². The monoisotopic (exact) mass is 400 g/mol. The molecule has 0 bridgehead atoms. The third-order valence-corrected chi connectivity index (χ3v) is 4.31. The minimum Gasteiger partial charge on any atom is -0.439 e. The van der Waals surface area contributed by atoms with Crippen LogP contribution in [0.5, 0.6) is 11.6 Å². The number of nitrogens with zero attached hydrogens (tertiary/aromatic N) is 5. The fraction of sp³-hybridized carbons (Fsp3) is 0.0909. The van der Waals surface area contributed by atoms with E-state index in [4.69, 9.17) is 4.74 Å². The van der Waals surface area contributed by atoms with Crippen molar-refractivity contribution >= 4 is 23.4 Å². The molecule has 1 N–H and O–H groups in total. The first kappa shape index (κ1) is 19.1. The normalized spacial score (nSPS) is 10.5. The van der Waals surface area contributed by atoms with E-state index < -0.39 is 0 Å². The van der Waals surface area contributed by atoms with Crippen molar-refractivity contribution in [1.82, 2.24) is 19.7 Å². The fourth-order valence-electron chi connectivity index (χ4n) is 2.80. The van der Waals surface area contributed by atoms with Crippen molar-refractivity contribution < 1.29 is 9.53 Å². The molecule has 0 saturated carbocycles. The van der Waals surface area contributed by atoms with Crippen LogP contribution in [0, 0.1) is 0 Å². The maximum absolute atomic E-state index is 12.9. The molecule has 1 aromatic carbocycles. The van der Waals surface area contributed by atoms with Gasteiger partial charge in [0.1, 0.15) is 17.4 Å². The summed E-state index contributed by atoms with van der Waals surface area (Å²) in [6.07, 6.45) is 3.46. The summed E-state index contributed by atoms with van der Waals surface area (Å²) in [6.45, 7) is 0. The van der Waals surface area contributed by atoms with Gasteiger partial charge in [-0.25, -0.2) is 4.98 Å². The first-order valence-corrected chi connectivity index (χ1v) is 9.29. The van der Waals surface area contributed by atoms with E-state index >= 15 is 0 Å². The number of rotatable bonds is 6. The summed E-state index contributed by atoms with van der Waals surface area (Å²) in [5, 5.41) is 6.98. The first-order chi connectivity index (χ1) is 14.6. The Balaban J connectivity index is 1.69. The van der Waals surface area contributed by atoms with Gasteiger partial charge < -0.3 is 15.0 Å². The van der Waals surface area contributed by atoms with Crippen molar-refractivity contribution in [1.29, 1.82) is 0 Å². The van der Waals surface area contributed by atoms with Gasteiger partial charge in [0.25, 0.3) is 5.91 Å². The summed E-state index contributed by atoms with van der Waals surface area (Å²) in [6, 6.07) is 19.9. The Labute approximate surface area is 173 Å². The Bertz CT molecular complexity index is 1140. The molecule has 0 aliphatic carbocycles. The molecule has 30 heavy (non-hydrogen) atoms. The van der Waals surface area contributed by atoms with E-state index in [1.54, 1.807) is 47.2 Å². The second-order valence-electron chi connectivity index (χ2n) is 6.54. The molecule has 0 unspecified atom stereocenters. The number of aromatic nitrogens is 4. The number of hydrogen-bond acceptors (Lipinski definition) is 6. The van der Waals surface area contributed by atoms with Crippen molar-refractivity contribution in [2.75, 3.05) is 17.3 Å². The van der Waals surface area contributed by atoms with Crippen LogP contribution >= 0.6 is 0 Å². The smallest absolute Gasteiger partial charge is 0.257 e. The van der Waals surface area contributed by atoms with E-state index in [9.17, 15) is 4.79 Å². The number of anilines is 3. The molecule has 0 aliphatic heterocycles. The average Bonchev–Trinajstić information content (AvgIpc) is 3.18. The molecular formula is C22H20N6O2. The molecule has 3 aromatic heterocycles. The van der Waals surface area contributed by atoms with Crippen molar-refractivity contribution in [2.24, 2.45) is 7.05 Å². The van der Waals surface area contributed by atoms with Gasteiger partial charge >= 0.3 is 0 Å². The van der Waals surface area contributed by atoms with Crippen LogP contribution in [0.1, 0.15) is 10.4 Å². The molecule has 4 aromatic rings. The Kier molecular flexibility index (Phi) is 5.38. The Morgan fingerprint density at radius 3 is 2.53 bits per heavy atom. The highest BCUT2D eigenvalue weighted by molar-refractivity contribution is 6.04. The van der Waals surface area contributed by atoms with Crippen LogP contribution in [0.3, 0.4) is 0 Å². The zero-order chi connectivity index (χ0) is 20.9. The molecule has 0 atom stereocenters. The minimum absolute atomic E-state index is 0.299. The van der Waals surface area contributed by atoms with Crippen molar-refractivity contribution in [2.45, 2.75) is 0 Å². The van der Waals surface area contributed by atoms with E-state index in [2.05, 4.69) is 20.4 Å². The molecule has 0 radical (unpaired) electrons. The number of carbonyl (C=O) groups excluding carboxylic acids is 1. The highest BCUT2D eigenvalue weighted by Crippen LogP contribution is 2.27. The topological polar surface area (TPSA) is 85.2 Å². The van der Waals surface area contributed by atoms with Gasteiger partial charge in [-0.15, -0.1) is 0 Å². The summed E-state index contributed by atoms with van der Waals surface area (Å²) in [5.74, 6) is 2.28. The predicted octanol–water partition coefficient (Wildman–Crippen LogP) is 4.02. The third-order valence-electron chi connectivity index (χ3n) is 4.31. The number of amides is 1. The summed E-state index contributed by atoms with van der Waals surface area (Å²) >= 11 is 0. The van der Waals surface area contributed by atoms with Crippen LogP contribution in [0.15, 0.2) is 79.1 Å². The molecule has 8 heteroatoms. The van der Waals surface area contributed by atoms with E-state index in [1.807, 2.05) is 55.6 Å². The van der Waals surface area contributed by atoms with E-state index in [0.29, 0.717) is 34.6 Å². The lowest BCUT2D eigenvalue weighted by Crippen LogP contribution is -2.17. The minimum atomic E-state index is -0.315. The number of benzene rings is 1. The number of hydrogen-bond donors (Lipinski definition) is 1. The SMILES string of the molecule is CN(c1ccccn1)c1cc(C(=O)Nc2ccn(C)n2)cc(Oc2ccccc2)n1. The molecule has 150 valence electrons. The highest BCUT2D eigenvalue weighted by atomic mass is 16.5. The summed E-state index contributed by atoms with van der Waals surface area (Å²) in [5.41, 5.74) is 0.388. The van der Waals surface area contributed by atoms with E-state index in [0.717, 1.165) is 0 Å².